The van der Waals surface area contributed by atoms with Gasteiger partial charge >= 0.3 is 0 Å². The van der Waals surface area contributed by atoms with Gasteiger partial charge in [0.05, 0.1) is 10.9 Å². The maximum atomic E-state index is 13.0. The minimum atomic E-state index is -0.433. The van der Waals surface area contributed by atoms with Crippen molar-refractivity contribution in [2.75, 3.05) is 5.88 Å². The van der Waals surface area contributed by atoms with Gasteiger partial charge in [0.2, 0.25) is 0 Å². The summed E-state index contributed by atoms with van der Waals surface area (Å²) in [7, 11) is 0. The van der Waals surface area contributed by atoms with E-state index in [9.17, 15) is 4.39 Å². The zero-order chi connectivity index (χ0) is 14.4. The van der Waals surface area contributed by atoms with Gasteiger partial charge in [-0.3, -0.25) is 0 Å². The molecule has 0 unspecified atom stereocenters. The van der Waals surface area contributed by atoms with Crippen LogP contribution in [0.1, 0.15) is 11.1 Å². The predicted molar refractivity (Wildman–Crippen MR) is 79.8 cm³/mol. The SMILES string of the molecule is Fc1ccc(COc2ccc(C#CCCl)cc2)cc1Cl. The average Bonchev–Trinajstić information content (AvgIpc) is 2.47. The molecule has 0 aromatic heterocycles. The molecule has 0 saturated heterocycles. The van der Waals surface area contributed by atoms with Gasteiger partial charge in [-0.05, 0) is 42.0 Å². The van der Waals surface area contributed by atoms with Gasteiger partial charge in [0, 0.05) is 5.56 Å². The highest BCUT2D eigenvalue weighted by Crippen LogP contribution is 2.18. The molecule has 102 valence electrons. The van der Waals surface area contributed by atoms with Crippen LogP contribution >= 0.6 is 23.2 Å². The monoisotopic (exact) mass is 308 g/mol. The van der Waals surface area contributed by atoms with Gasteiger partial charge in [-0.1, -0.05) is 29.5 Å². The van der Waals surface area contributed by atoms with Crippen LogP contribution in [0.15, 0.2) is 42.5 Å². The van der Waals surface area contributed by atoms with Crippen LogP contribution in [0.5, 0.6) is 5.75 Å². The lowest BCUT2D eigenvalue weighted by atomic mass is 10.2. The first kappa shape index (κ1) is 14.7. The van der Waals surface area contributed by atoms with E-state index in [4.69, 9.17) is 27.9 Å². The third kappa shape index (κ3) is 4.16. The Hall–Kier alpha value is -1.69. The highest BCUT2D eigenvalue weighted by molar-refractivity contribution is 6.30. The second-order valence-corrected chi connectivity index (χ2v) is 4.67. The molecule has 0 N–H and O–H groups in total. The molecule has 0 aliphatic rings. The van der Waals surface area contributed by atoms with Crippen molar-refractivity contribution in [2.24, 2.45) is 0 Å². The molecule has 4 heteroatoms. The van der Waals surface area contributed by atoms with Crippen LogP contribution in [-0.2, 0) is 6.61 Å². The molecular formula is C16H11Cl2FO. The third-order valence-electron chi connectivity index (χ3n) is 2.54. The van der Waals surface area contributed by atoms with Crippen molar-refractivity contribution in [3.8, 4) is 17.6 Å². The van der Waals surface area contributed by atoms with Crippen LogP contribution in [0, 0.1) is 17.7 Å². The molecule has 20 heavy (non-hydrogen) atoms. The molecule has 1 nitrogen and oxygen atoms in total. The first-order valence-corrected chi connectivity index (χ1v) is 6.82. The van der Waals surface area contributed by atoms with E-state index in [0.29, 0.717) is 18.2 Å². The molecule has 0 atom stereocenters. The first-order chi connectivity index (χ1) is 9.69. The van der Waals surface area contributed by atoms with E-state index in [1.807, 2.05) is 24.3 Å². The summed E-state index contributed by atoms with van der Waals surface area (Å²) in [6.45, 7) is 0.326. The Morgan fingerprint density at radius 3 is 2.50 bits per heavy atom. The average molecular weight is 309 g/mol. The largest absolute Gasteiger partial charge is 0.489 e. The standard InChI is InChI=1S/C16H11Cl2FO/c17-9-1-2-12-3-6-14(7-4-12)20-11-13-5-8-16(19)15(18)10-13/h3-8,10H,9,11H2. The fourth-order valence-electron chi connectivity index (χ4n) is 1.57. The molecule has 0 radical (unpaired) electrons. The van der Waals surface area contributed by atoms with Crippen molar-refractivity contribution in [1.82, 2.24) is 0 Å². The Kier molecular flexibility index (Phi) is 5.29. The van der Waals surface area contributed by atoms with Gasteiger partial charge < -0.3 is 4.74 Å². The lowest BCUT2D eigenvalue weighted by molar-refractivity contribution is 0.306. The first-order valence-electron chi connectivity index (χ1n) is 5.90. The van der Waals surface area contributed by atoms with E-state index < -0.39 is 5.82 Å². The van der Waals surface area contributed by atoms with Crippen molar-refractivity contribution in [3.63, 3.8) is 0 Å². The van der Waals surface area contributed by atoms with Crippen molar-refractivity contribution in [3.05, 3.63) is 64.4 Å². The smallest absolute Gasteiger partial charge is 0.141 e. The van der Waals surface area contributed by atoms with Gasteiger partial charge in [-0.25, -0.2) is 4.39 Å². The summed E-state index contributed by atoms with van der Waals surface area (Å²) < 4.78 is 18.6. The second-order valence-electron chi connectivity index (χ2n) is 4.00. The van der Waals surface area contributed by atoms with Gasteiger partial charge in [0.25, 0.3) is 0 Å². The quantitative estimate of drug-likeness (QED) is 0.592. The zero-order valence-corrected chi connectivity index (χ0v) is 12.0. The van der Waals surface area contributed by atoms with Crippen molar-refractivity contribution >= 4 is 23.2 Å². The number of rotatable bonds is 3. The van der Waals surface area contributed by atoms with E-state index in [-0.39, 0.29) is 5.02 Å². The van der Waals surface area contributed by atoms with Crippen LogP contribution < -0.4 is 4.74 Å². The van der Waals surface area contributed by atoms with E-state index >= 15 is 0 Å². The third-order valence-corrected chi connectivity index (χ3v) is 2.97. The van der Waals surface area contributed by atoms with Crippen LogP contribution in [0.2, 0.25) is 5.02 Å². The van der Waals surface area contributed by atoms with Crippen LogP contribution in [0.25, 0.3) is 0 Å². The summed E-state index contributed by atoms with van der Waals surface area (Å²) in [4.78, 5) is 0. The second kappa shape index (κ2) is 7.19. The molecule has 0 amide bonds. The minimum Gasteiger partial charge on any atom is -0.489 e. The topological polar surface area (TPSA) is 9.23 Å². The fraction of sp³-hybridized carbons (Fsp3) is 0.125. The van der Waals surface area contributed by atoms with Crippen molar-refractivity contribution < 1.29 is 9.13 Å². The maximum Gasteiger partial charge on any atom is 0.141 e. The molecule has 0 aliphatic heterocycles. The molecule has 0 aliphatic carbocycles. The van der Waals surface area contributed by atoms with Crippen LogP contribution in [0.3, 0.4) is 0 Å². The Bertz CT molecular complexity index is 642. The lowest BCUT2D eigenvalue weighted by Gasteiger charge is -2.07. The summed E-state index contributed by atoms with van der Waals surface area (Å²) in [6, 6.07) is 11.9. The number of ether oxygens (including phenoxy) is 1. The Morgan fingerprint density at radius 2 is 1.85 bits per heavy atom. The molecule has 0 fully saturated rings. The number of benzene rings is 2. The Balaban J connectivity index is 1.98. The van der Waals surface area contributed by atoms with Crippen LogP contribution in [-0.4, -0.2) is 5.88 Å². The number of hydrogen-bond acceptors (Lipinski definition) is 1. The molecule has 2 aromatic carbocycles. The van der Waals surface area contributed by atoms with E-state index in [2.05, 4.69) is 11.8 Å². The summed E-state index contributed by atoms with van der Waals surface area (Å²) in [5, 5.41) is 0.0952. The Labute approximate surface area is 127 Å². The summed E-state index contributed by atoms with van der Waals surface area (Å²) in [5.74, 6) is 6.28. The molecule has 0 spiro atoms. The van der Waals surface area contributed by atoms with Crippen molar-refractivity contribution in [1.29, 1.82) is 0 Å². The van der Waals surface area contributed by atoms with Crippen LogP contribution in [0.4, 0.5) is 4.39 Å². The molecule has 0 bridgehead atoms. The molecule has 0 heterocycles. The number of halogens is 3. The van der Waals surface area contributed by atoms with Crippen molar-refractivity contribution in [2.45, 2.75) is 6.61 Å². The lowest BCUT2D eigenvalue weighted by Crippen LogP contribution is -1.96. The van der Waals surface area contributed by atoms with E-state index in [1.165, 1.54) is 6.07 Å². The highest BCUT2D eigenvalue weighted by Gasteiger charge is 2.01. The molecule has 0 saturated carbocycles. The van der Waals surface area contributed by atoms with E-state index in [0.717, 1.165) is 11.1 Å². The van der Waals surface area contributed by atoms with Gasteiger partial charge in [0.15, 0.2) is 0 Å². The van der Waals surface area contributed by atoms with Gasteiger partial charge in [0.1, 0.15) is 18.2 Å². The van der Waals surface area contributed by atoms with Gasteiger partial charge in [-0.15, -0.1) is 11.6 Å². The number of alkyl halides is 1. The predicted octanol–water partition coefficient (Wildman–Crippen LogP) is 4.65. The molecular weight excluding hydrogens is 298 g/mol. The fourth-order valence-corrected chi connectivity index (χ4v) is 1.84. The normalized spacial score (nSPS) is 9.75. The Morgan fingerprint density at radius 1 is 1.10 bits per heavy atom. The summed E-state index contributed by atoms with van der Waals surface area (Å²) >= 11 is 11.2. The van der Waals surface area contributed by atoms with Gasteiger partial charge in [-0.2, -0.15) is 0 Å². The maximum absolute atomic E-state index is 13.0. The summed E-state index contributed by atoms with van der Waals surface area (Å²) in [6.07, 6.45) is 0. The minimum absolute atomic E-state index is 0.0952. The molecule has 2 aromatic rings. The summed E-state index contributed by atoms with van der Waals surface area (Å²) in [5.41, 5.74) is 1.69. The zero-order valence-electron chi connectivity index (χ0n) is 10.5. The highest BCUT2D eigenvalue weighted by atomic mass is 35.5. The number of hydrogen-bond donors (Lipinski definition) is 0. The van der Waals surface area contributed by atoms with E-state index in [1.54, 1.807) is 12.1 Å². The molecule has 2 rings (SSSR count).